The Labute approximate surface area is 97.0 Å². The van der Waals surface area contributed by atoms with Crippen molar-refractivity contribution in [2.24, 2.45) is 0 Å². The van der Waals surface area contributed by atoms with Crippen LogP contribution in [0.4, 0.5) is 0 Å². The van der Waals surface area contributed by atoms with Crippen LogP contribution < -0.4 is 0 Å². The molecule has 0 atom stereocenters. The zero-order chi connectivity index (χ0) is 12.3. The second kappa shape index (κ2) is 4.88. The summed E-state index contributed by atoms with van der Waals surface area (Å²) >= 11 is 0. The van der Waals surface area contributed by atoms with Gasteiger partial charge in [0.15, 0.2) is 5.69 Å². The Morgan fingerprint density at radius 2 is 1.76 bits per heavy atom. The molecule has 1 aliphatic rings. The van der Waals surface area contributed by atoms with Crippen LogP contribution in [0, 0.1) is 0 Å². The molecule has 2 rings (SSSR count). The molecule has 1 aromatic heterocycles. The largest absolute Gasteiger partial charge is 0.476 e. The number of carboxylic acid groups (broad SMARTS) is 1. The molecule has 1 fully saturated rings. The molecule has 0 bridgehead atoms. The first-order valence-corrected chi connectivity index (χ1v) is 5.11. The summed E-state index contributed by atoms with van der Waals surface area (Å²) in [5, 5.41) is 8.65. The van der Waals surface area contributed by atoms with Crippen molar-refractivity contribution in [3.8, 4) is 0 Å². The lowest BCUT2D eigenvalue weighted by Gasteiger charge is -2.26. The molecule has 1 aliphatic heterocycles. The minimum absolute atomic E-state index is 0.150. The monoisotopic (exact) mass is 237 g/mol. The fourth-order valence-electron chi connectivity index (χ4n) is 1.48. The van der Waals surface area contributed by atoms with Crippen LogP contribution in [-0.4, -0.2) is 58.2 Å². The normalized spacial score (nSPS) is 15.6. The summed E-state index contributed by atoms with van der Waals surface area (Å²) in [5.74, 6) is -1.42. The molecule has 1 N–H and O–H groups in total. The summed E-state index contributed by atoms with van der Waals surface area (Å²) in [6, 6.07) is 0. The van der Waals surface area contributed by atoms with Crippen LogP contribution in [0.1, 0.15) is 21.0 Å². The average Bonchev–Trinajstić information content (AvgIpc) is 2.39. The molecule has 0 radical (unpaired) electrons. The minimum Gasteiger partial charge on any atom is -0.476 e. The molecule has 90 valence electrons. The highest BCUT2D eigenvalue weighted by molar-refractivity contribution is 5.92. The first-order chi connectivity index (χ1) is 8.18. The van der Waals surface area contributed by atoms with Gasteiger partial charge in [0, 0.05) is 13.1 Å². The van der Waals surface area contributed by atoms with E-state index in [1.54, 1.807) is 4.90 Å². The third-order valence-electron chi connectivity index (χ3n) is 2.39. The summed E-state index contributed by atoms with van der Waals surface area (Å²) < 4.78 is 5.13. The second-order valence-electron chi connectivity index (χ2n) is 3.50. The van der Waals surface area contributed by atoms with Gasteiger partial charge in [0.05, 0.1) is 25.6 Å². The van der Waals surface area contributed by atoms with Gasteiger partial charge in [0.2, 0.25) is 0 Å². The molecule has 0 unspecified atom stereocenters. The van der Waals surface area contributed by atoms with Crippen molar-refractivity contribution >= 4 is 11.9 Å². The summed E-state index contributed by atoms with van der Waals surface area (Å²) in [6.07, 6.45) is 2.26. The van der Waals surface area contributed by atoms with Crippen LogP contribution in [0.2, 0.25) is 0 Å². The lowest BCUT2D eigenvalue weighted by Crippen LogP contribution is -2.41. The quantitative estimate of drug-likeness (QED) is 0.755. The standard InChI is InChI=1S/C10H11N3O4/c14-9(13-1-3-17-4-2-13)7-5-12-8(6-11-7)10(15)16/h5-6H,1-4H2,(H,15,16). The van der Waals surface area contributed by atoms with Gasteiger partial charge in [-0.05, 0) is 0 Å². The number of aromatic nitrogens is 2. The van der Waals surface area contributed by atoms with Crippen molar-refractivity contribution in [1.29, 1.82) is 0 Å². The Kier molecular flexibility index (Phi) is 3.29. The third kappa shape index (κ3) is 2.56. The summed E-state index contributed by atoms with van der Waals surface area (Å²) in [4.78, 5) is 31.5. The third-order valence-corrected chi connectivity index (χ3v) is 2.39. The van der Waals surface area contributed by atoms with Gasteiger partial charge in [0.1, 0.15) is 5.69 Å². The lowest BCUT2D eigenvalue weighted by atomic mass is 10.3. The van der Waals surface area contributed by atoms with Gasteiger partial charge in [-0.25, -0.2) is 14.8 Å². The van der Waals surface area contributed by atoms with Gasteiger partial charge in [-0.3, -0.25) is 4.79 Å². The van der Waals surface area contributed by atoms with E-state index < -0.39 is 5.97 Å². The topological polar surface area (TPSA) is 92.6 Å². The summed E-state index contributed by atoms with van der Waals surface area (Å²) in [6.45, 7) is 2.04. The van der Waals surface area contributed by atoms with Crippen molar-refractivity contribution in [1.82, 2.24) is 14.9 Å². The predicted octanol–water partition coefficient (Wildman–Crippen LogP) is -0.353. The van der Waals surface area contributed by atoms with E-state index in [0.717, 1.165) is 6.20 Å². The number of nitrogens with zero attached hydrogens (tertiary/aromatic N) is 3. The number of morpholine rings is 1. The number of hydrogen-bond donors (Lipinski definition) is 1. The molecular weight excluding hydrogens is 226 g/mol. The van der Waals surface area contributed by atoms with Gasteiger partial charge >= 0.3 is 5.97 Å². The zero-order valence-electron chi connectivity index (χ0n) is 9.00. The van der Waals surface area contributed by atoms with Gasteiger partial charge in [-0.15, -0.1) is 0 Å². The van der Waals surface area contributed by atoms with Crippen LogP contribution in [0.3, 0.4) is 0 Å². The van der Waals surface area contributed by atoms with Crippen molar-refractivity contribution in [2.45, 2.75) is 0 Å². The number of carbonyl (C=O) groups excluding carboxylic acids is 1. The van der Waals surface area contributed by atoms with Gasteiger partial charge in [-0.2, -0.15) is 0 Å². The molecule has 1 amide bonds. The van der Waals surface area contributed by atoms with Crippen LogP contribution in [-0.2, 0) is 4.74 Å². The van der Waals surface area contributed by atoms with Crippen molar-refractivity contribution in [3.63, 3.8) is 0 Å². The van der Waals surface area contributed by atoms with Gasteiger partial charge in [-0.1, -0.05) is 0 Å². The molecule has 0 spiro atoms. The Balaban J connectivity index is 2.10. The van der Waals surface area contributed by atoms with Crippen LogP contribution >= 0.6 is 0 Å². The molecule has 0 aliphatic carbocycles. The summed E-state index contributed by atoms with van der Waals surface area (Å²) in [5.41, 5.74) is -0.0274. The van der Waals surface area contributed by atoms with Crippen molar-refractivity contribution < 1.29 is 19.4 Å². The highest BCUT2D eigenvalue weighted by Gasteiger charge is 2.20. The molecule has 0 saturated carbocycles. The van der Waals surface area contributed by atoms with E-state index in [0.29, 0.717) is 26.3 Å². The SMILES string of the molecule is O=C(O)c1cnc(C(=O)N2CCOCC2)cn1. The van der Waals surface area contributed by atoms with E-state index in [-0.39, 0.29) is 17.3 Å². The van der Waals surface area contributed by atoms with E-state index >= 15 is 0 Å². The average molecular weight is 237 g/mol. The number of amides is 1. The molecule has 7 nitrogen and oxygen atoms in total. The lowest BCUT2D eigenvalue weighted by molar-refractivity contribution is 0.0298. The first-order valence-electron chi connectivity index (χ1n) is 5.11. The van der Waals surface area contributed by atoms with Crippen LogP contribution in [0.5, 0.6) is 0 Å². The van der Waals surface area contributed by atoms with Crippen LogP contribution in [0.15, 0.2) is 12.4 Å². The molecular formula is C10H11N3O4. The van der Waals surface area contributed by atoms with E-state index in [9.17, 15) is 9.59 Å². The predicted molar refractivity (Wildman–Crippen MR) is 55.7 cm³/mol. The highest BCUT2D eigenvalue weighted by atomic mass is 16.5. The first kappa shape index (κ1) is 11.5. The second-order valence-corrected chi connectivity index (χ2v) is 3.50. The summed E-state index contributed by atoms with van der Waals surface area (Å²) in [7, 11) is 0. The number of ether oxygens (including phenoxy) is 1. The molecule has 7 heteroatoms. The Hall–Kier alpha value is -2.02. The number of carboxylic acids is 1. The molecule has 1 aromatic rings. The van der Waals surface area contributed by atoms with Crippen molar-refractivity contribution in [3.05, 3.63) is 23.8 Å². The van der Waals surface area contributed by atoms with Crippen LogP contribution in [0.25, 0.3) is 0 Å². The Morgan fingerprint density at radius 3 is 2.29 bits per heavy atom. The van der Waals surface area contributed by atoms with Gasteiger partial charge < -0.3 is 14.7 Å². The van der Waals surface area contributed by atoms with E-state index in [1.807, 2.05) is 0 Å². The molecule has 2 heterocycles. The molecule has 17 heavy (non-hydrogen) atoms. The minimum atomic E-state index is -1.16. The number of rotatable bonds is 2. The van der Waals surface area contributed by atoms with E-state index in [2.05, 4.69) is 9.97 Å². The smallest absolute Gasteiger partial charge is 0.356 e. The Bertz CT molecular complexity index is 426. The van der Waals surface area contributed by atoms with Crippen molar-refractivity contribution in [2.75, 3.05) is 26.3 Å². The maximum absolute atomic E-state index is 11.9. The maximum Gasteiger partial charge on any atom is 0.356 e. The number of carbonyl (C=O) groups is 2. The Morgan fingerprint density at radius 1 is 1.18 bits per heavy atom. The van der Waals surface area contributed by atoms with E-state index in [4.69, 9.17) is 9.84 Å². The number of aromatic carboxylic acids is 1. The fraction of sp³-hybridized carbons (Fsp3) is 0.400. The molecule has 0 aromatic carbocycles. The fourth-order valence-corrected chi connectivity index (χ4v) is 1.48. The maximum atomic E-state index is 11.9. The van der Waals surface area contributed by atoms with E-state index in [1.165, 1.54) is 6.20 Å². The highest BCUT2D eigenvalue weighted by Crippen LogP contribution is 2.04. The molecule has 1 saturated heterocycles. The van der Waals surface area contributed by atoms with Gasteiger partial charge in [0.25, 0.3) is 5.91 Å². The zero-order valence-corrected chi connectivity index (χ0v) is 9.00. The number of hydrogen-bond acceptors (Lipinski definition) is 5.